The van der Waals surface area contributed by atoms with Crippen LogP contribution < -0.4 is 0 Å². The zero-order valence-corrected chi connectivity index (χ0v) is 7.62. The third-order valence-corrected chi connectivity index (χ3v) is 2.40. The van der Waals surface area contributed by atoms with Crippen LogP contribution in [0.1, 0.15) is 17.0 Å². The molecule has 1 aromatic rings. The van der Waals surface area contributed by atoms with Crippen LogP contribution in [-0.4, -0.2) is 19.0 Å². The van der Waals surface area contributed by atoms with Crippen molar-refractivity contribution < 1.29 is 9.53 Å². The lowest BCUT2D eigenvalue weighted by atomic mass is 9.97. The number of benzene rings is 1. The van der Waals surface area contributed by atoms with Crippen LogP contribution in [0.4, 0.5) is 0 Å². The Kier molecular flexibility index (Phi) is 2.15. The summed E-state index contributed by atoms with van der Waals surface area (Å²) < 4.78 is 5.10. The molecule has 0 bridgehead atoms. The first kappa shape index (κ1) is 8.45. The Morgan fingerprint density at radius 3 is 2.54 bits per heavy atom. The second-order valence-corrected chi connectivity index (χ2v) is 3.44. The Morgan fingerprint density at radius 1 is 1.31 bits per heavy atom. The molecule has 0 spiro atoms. The van der Waals surface area contributed by atoms with E-state index in [4.69, 9.17) is 4.74 Å². The molecule has 13 heavy (non-hydrogen) atoms. The van der Waals surface area contributed by atoms with Crippen LogP contribution in [0.2, 0.25) is 0 Å². The molecule has 0 aliphatic carbocycles. The number of Topliss-reactive ketones (excluding diaryl/α,β-unsaturated/α-hetero) is 1. The van der Waals surface area contributed by atoms with Crippen molar-refractivity contribution in [2.45, 2.75) is 12.8 Å². The van der Waals surface area contributed by atoms with E-state index in [-0.39, 0.29) is 18.3 Å². The van der Waals surface area contributed by atoms with Crippen molar-refractivity contribution in [1.82, 2.24) is 0 Å². The molecule has 0 unspecified atom stereocenters. The van der Waals surface area contributed by atoms with Gasteiger partial charge in [0.1, 0.15) is 6.61 Å². The summed E-state index contributed by atoms with van der Waals surface area (Å²) in [5, 5.41) is 0. The third kappa shape index (κ3) is 1.63. The second-order valence-electron chi connectivity index (χ2n) is 3.44. The molecule has 2 heteroatoms. The maximum absolute atomic E-state index is 11.3. The maximum Gasteiger partial charge on any atom is 0.168 e. The SMILES string of the molecule is Cc1ccc([C@H]2COCC2=O)cc1. The van der Waals surface area contributed by atoms with E-state index in [0.717, 1.165) is 5.56 Å². The smallest absolute Gasteiger partial charge is 0.168 e. The molecule has 68 valence electrons. The lowest BCUT2D eigenvalue weighted by Gasteiger charge is -2.06. The van der Waals surface area contributed by atoms with Gasteiger partial charge >= 0.3 is 0 Å². The fraction of sp³-hybridized carbons (Fsp3) is 0.364. The quantitative estimate of drug-likeness (QED) is 0.650. The lowest BCUT2D eigenvalue weighted by Crippen LogP contribution is -2.08. The van der Waals surface area contributed by atoms with E-state index in [0.29, 0.717) is 6.61 Å². The Labute approximate surface area is 77.5 Å². The number of carbonyl (C=O) groups is 1. The van der Waals surface area contributed by atoms with E-state index < -0.39 is 0 Å². The van der Waals surface area contributed by atoms with E-state index in [1.807, 2.05) is 31.2 Å². The van der Waals surface area contributed by atoms with Gasteiger partial charge in [0.25, 0.3) is 0 Å². The van der Waals surface area contributed by atoms with Gasteiger partial charge in [-0.3, -0.25) is 4.79 Å². The molecule has 1 atom stereocenters. The van der Waals surface area contributed by atoms with Crippen molar-refractivity contribution in [2.24, 2.45) is 0 Å². The van der Waals surface area contributed by atoms with Gasteiger partial charge in [-0.15, -0.1) is 0 Å². The number of ether oxygens (including phenoxy) is 1. The van der Waals surface area contributed by atoms with Crippen LogP contribution in [0, 0.1) is 6.92 Å². The van der Waals surface area contributed by atoms with Crippen LogP contribution in [0.25, 0.3) is 0 Å². The van der Waals surface area contributed by atoms with Gasteiger partial charge in [0.2, 0.25) is 0 Å². The molecular formula is C11H12O2. The van der Waals surface area contributed by atoms with Gasteiger partial charge in [-0.25, -0.2) is 0 Å². The van der Waals surface area contributed by atoms with Crippen molar-refractivity contribution in [3.63, 3.8) is 0 Å². The highest BCUT2D eigenvalue weighted by atomic mass is 16.5. The van der Waals surface area contributed by atoms with Crippen LogP contribution in [-0.2, 0) is 9.53 Å². The zero-order chi connectivity index (χ0) is 9.26. The zero-order valence-electron chi connectivity index (χ0n) is 7.62. The van der Waals surface area contributed by atoms with Crippen molar-refractivity contribution >= 4 is 5.78 Å². The molecule has 1 saturated heterocycles. The summed E-state index contributed by atoms with van der Waals surface area (Å²) in [5.74, 6) is 0.171. The highest BCUT2D eigenvalue weighted by molar-refractivity contribution is 5.88. The minimum absolute atomic E-state index is 0.0272. The van der Waals surface area contributed by atoms with E-state index >= 15 is 0 Å². The molecule has 1 aromatic carbocycles. The van der Waals surface area contributed by atoms with Gasteiger partial charge in [-0.2, -0.15) is 0 Å². The van der Waals surface area contributed by atoms with Crippen LogP contribution in [0.5, 0.6) is 0 Å². The van der Waals surface area contributed by atoms with Gasteiger partial charge in [-0.05, 0) is 12.5 Å². The molecule has 0 radical (unpaired) electrons. The number of carbonyl (C=O) groups excluding carboxylic acids is 1. The summed E-state index contributed by atoms with van der Waals surface area (Å²) in [4.78, 5) is 11.3. The largest absolute Gasteiger partial charge is 0.373 e. The molecule has 1 aliphatic rings. The molecule has 2 nitrogen and oxygen atoms in total. The first-order valence-electron chi connectivity index (χ1n) is 4.44. The average molecular weight is 176 g/mol. The van der Waals surface area contributed by atoms with Crippen LogP contribution in [0.3, 0.4) is 0 Å². The summed E-state index contributed by atoms with van der Waals surface area (Å²) in [5.41, 5.74) is 2.29. The molecule has 1 aliphatic heterocycles. The number of aryl methyl sites for hydroxylation is 1. The van der Waals surface area contributed by atoms with E-state index in [1.54, 1.807) is 0 Å². The topological polar surface area (TPSA) is 26.3 Å². The van der Waals surface area contributed by atoms with Gasteiger partial charge in [0, 0.05) is 0 Å². The standard InChI is InChI=1S/C11H12O2/c1-8-2-4-9(5-3-8)10-6-13-7-11(10)12/h2-5,10H,6-7H2,1H3/t10-/m1/s1. The summed E-state index contributed by atoms with van der Waals surface area (Å²) in [6, 6.07) is 8.07. The van der Waals surface area contributed by atoms with Gasteiger partial charge < -0.3 is 4.74 Å². The van der Waals surface area contributed by atoms with Crippen molar-refractivity contribution in [3.8, 4) is 0 Å². The van der Waals surface area contributed by atoms with E-state index in [2.05, 4.69) is 0 Å². The predicted octanol–water partition coefficient (Wildman–Crippen LogP) is 1.68. The Balaban J connectivity index is 2.25. The highest BCUT2D eigenvalue weighted by Crippen LogP contribution is 2.22. The fourth-order valence-corrected chi connectivity index (χ4v) is 1.55. The Hall–Kier alpha value is -1.15. The number of rotatable bonds is 1. The monoisotopic (exact) mass is 176 g/mol. The lowest BCUT2D eigenvalue weighted by molar-refractivity contribution is -0.118. The summed E-state index contributed by atoms with van der Waals surface area (Å²) in [7, 11) is 0. The van der Waals surface area contributed by atoms with Gasteiger partial charge in [0.05, 0.1) is 12.5 Å². The van der Waals surface area contributed by atoms with E-state index in [9.17, 15) is 4.79 Å². The molecule has 2 rings (SSSR count). The molecule has 0 N–H and O–H groups in total. The average Bonchev–Trinajstić information content (AvgIpc) is 2.53. The first-order chi connectivity index (χ1) is 6.27. The van der Waals surface area contributed by atoms with Crippen molar-refractivity contribution in [1.29, 1.82) is 0 Å². The molecule has 0 saturated carbocycles. The van der Waals surface area contributed by atoms with Crippen molar-refractivity contribution in [2.75, 3.05) is 13.2 Å². The van der Waals surface area contributed by atoms with Crippen molar-refractivity contribution in [3.05, 3.63) is 35.4 Å². The summed E-state index contributed by atoms with van der Waals surface area (Å²) in [6.07, 6.45) is 0. The highest BCUT2D eigenvalue weighted by Gasteiger charge is 2.26. The van der Waals surface area contributed by atoms with Crippen LogP contribution >= 0.6 is 0 Å². The predicted molar refractivity (Wildman–Crippen MR) is 49.7 cm³/mol. The number of hydrogen-bond acceptors (Lipinski definition) is 2. The van der Waals surface area contributed by atoms with E-state index in [1.165, 1.54) is 5.56 Å². The van der Waals surface area contributed by atoms with Gasteiger partial charge in [-0.1, -0.05) is 29.8 Å². The number of ketones is 1. The number of hydrogen-bond donors (Lipinski definition) is 0. The third-order valence-electron chi connectivity index (χ3n) is 2.40. The van der Waals surface area contributed by atoms with Gasteiger partial charge in [0.15, 0.2) is 5.78 Å². The molecule has 0 aromatic heterocycles. The minimum Gasteiger partial charge on any atom is -0.373 e. The minimum atomic E-state index is -0.0272. The molecule has 1 heterocycles. The molecule has 0 amide bonds. The second kappa shape index (κ2) is 3.30. The van der Waals surface area contributed by atoms with Crippen LogP contribution in [0.15, 0.2) is 24.3 Å². The summed E-state index contributed by atoms with van der Waals surface area (Å²) >= 11 is 0. The fourth-order valence-electron chi connectivity index (χ4n) is 1.55. The summed E-state index contributed by atoms with van der Waals surface area (Å²) in [6.45, 7) is 2.86. The Morgan fingerprint density at radius 2 is 2.00 bits per heavy atom. The normalized spacial score (nSPS) is 22.2. The molecular weight excluding hydrogens is 164 g/mol. The Bertz CT molecular complexity index is 313. The first-order valence-corrected chi connectivity index (χ1v) is 4.44. The maximum atomic E-state index is 11.3. The molecule has 1 fully saturated rings.